The summed E-state index contributed by atoms with van der Waals surface area (Å²) in [4.78, 5) is 4.16. The molecule has 3 rings (SSSR count). The van der Waals surface area contributed by atoms with E-state index in [4.69, 9.17) is 11.8 Å². The average Bonchev–Trinajstić information content (AvgIpc) is 3.03. The minimum Gasteiger partial charge on any atom is -0.301 e. The summed E-state index contributed by atoms with van der Waals surface area (Å²) < 4.78 is 2.08. The molecule has 3 aromatic rings. The fourth-order valence-corrected chi connectivity index (χ4v) is 5.55. The van der Waals surface area contributed by atoms with Crippen molar-refractivity contribution in [2.45, 2.75) is 0 Å². The highest BCUT2D eigenvalue weighted by Crippen LogP contribution is 2.44. The van der Waals surface area contributed by atoms with Crippen molar-refractivity contribution in [2.75, 3.05) is 0 Å². The molecule has 0 aliphatic carbocycles. The van der Waals surface area contributed by atoms with E-state index in [2.05, 4.69) is 33.6 Å². The molecule has 0 aliphatic heterocycles. The van der Waals surface area contributed by atoms with Crippen LogP contribution in [-0.4, -0.2) is 9.32 Å². The molecule has 0 unspecified atom stereocenters. The Labute approximate surface area is 117 Å². The van der Waals surface area contributed by atoms with E-state index in [0.717, 1.165) is 0 Å². The highest BCUT2D eigenvalue weighted by atomic mass is 32.4. The molecule has 0 fully saturated rings. The Morgan fingerprint density at radius 1 is 0.842 bits per heavy atom. The van der Waals surface area contributed by atoms with E-state index >= 15 is 0 Å². The number of imidazole rings is 1. The summed E-state index contributed by atoms with van der Waals surface area (Å²) >= 11 is 6.09. The van der Waals surface area contributed by atoms with Crippen LogP contribution < -0.4 is 10.6 Å². The first-order chi connectivity index (χ1) is 9.32. The van der Waals surface area contributed by atoms with E-state index in [9.17, 15) is 0 Å². The number of hydrogen-bond donors (Lipinski definition) is 0. The van der Waals surface area contributed by atoms with Gasteiger partial charge in [-0.25, -0.2) is 4.98 Å². The monoisotopic (exact) mass is 284 g/mol. The highest BCUT2D eigenvalue weighted by Gasteiger charge is 2.23. The molecule has 0 amide bonds. The van der Waals surface area contributed by atoms with Gasteiger partial charge in [-0.2, -0.15) is 0 Å². The van der Waals surface area contributed by atoms with Gasteiger partial charge in [0.25, 0.3) is 0 Å². The zero-order chi connectivity index (χ0) is 13.1. The predicted molar refractivity (Wildman–Crippen MR) is 84.1 cm³/mol. The number of aromatic nitrogens is 2. The zero-order valence-electron chi connectivity index (χ0n) is 10.3. The smallest absolute Gasteiger partial charge is 0.0989 e. The van der Waals surface area contributed by atoms with E-state index in [-0.39, 0.29) is 0 Å². The summed E-state index contributed by atoms with van der Waals surface area (Å²) in [5.41, 5.74) is 0. The molecule has 4 heteroatoms. The number of rotatable bonds is 3. The van der Waals surface area contributed by atoms with Gasteiger partial charge < -0.3 is 4.34 Å². The lowest BCUT2D eigenvalue weighted by molar-refractivity contribution is 1.21. The van der Waals surface area contributed by atoms with Crippen molar-refractivity contribution >= 4 is 28.6 Å². The molecule has 0 spiro atoms. The van der Waals surface area contributed by atoms with E-state index in [1.165, 1.54) is 10.6 Å². The molecule has 0 bridgehead atoms. The molecule has 0 N–H and O–H groups in total. The van der Waals surface area contributed by atoms with Gasteiger partial charge in [-0.15, -0.1) is 0 Å². The van der Waals surface area contributed by atoms with Crippen LogP contribution in [0.5, 0.6) is 0 Å². The quantitative estimate of drug-likeness (QED) is 0.688. The molecule has 0 aliphatic rings. The van der Waals surface area contributed by atoms with Crippen molar-refractivity contribution in [3.8, 4) is 0 Å². The van der Waals surface area contributed by atoms with Gasteiger partial charge in [0, 0.05) is 23.0 Å². The summed E-state index contributed by atoms with van der Waals surface area (Å²) in [6.45, 7) is 0. The van der Waals surface area contributed by atoms with Gasteiger partial charge in [-0.3, -0.25) is 0 Å². The lowest BCUT2D eigenvalue weighted by atomic mass is 10.4. The molecular formula is C15H13N2PS. The van der Waals surface area contributed by atoms with Gasteiger partial charge in [0.1, 0.15) is 0 Å². The summed E-state index contributed by atoms with van der Waals surface area (Å²) in [5, 5.41) is 2.35. The lowest BCUT2D eigenvalue weighted by Crippen LogP contribution is -2.20. The molecule has 94 valence electrons. The first kappa shape index (κ1) is 12.3. The molecule has 1 aromatic heterocycles. The second kappa shape index (κ2) is 5.12. The van der Waals surface area contributed by atoms with Gasteiger partial charge >= 0.3 is 0 Å². The van der Waals surface area contributed by atoms with Crippen LogP contribution in [0.4, 0.5) is 0 Å². The third-order valence-electron chi connectivity index (χ3n) is 3.03. The Morgan fingerprint density at radius 2 is 1.37 bits per heavy atom. The maximum atomic E-state index is 6.09. The van der Waals surface area contributed by atoms with Crippen molar-refractivity contribution in [3.63, 3.8) is 0 Å². The van der Waals surface area contributed by atoms with Gasteiger partial charge in [0.2, 0.25) is 0 Å². The second-order valence-electron chi connectivity index (χ2n) is 4.19. The van der Waals surface area contributed by atoms with Crippen LogP contribution in [0.25, 0.3) is 0 Å². The first-order valence-corrected chi connectivity index (χ1v) is 8.77. The van der Waals surface area contributed by atoms with Gasteiger partial charge in [0.15, 0.2) is 0 Å². The van der Waals surface area contributed by atoms with Crippen LogP contribution in [-0.2, 0) is 11.8 Å². The molecule has 2 nitrogen and oxygen atoms in total. The predicted octanol–water partition coefficient (Wildman–Crippen LogP) is 2.78. The molecule has 2 aromatic carbocycles. The van der Waals surface area contributed by atoms with Crippen molar-refractivity contribution in [2.24, 2.45) is 0 Å². The molecule has 0 atom stereocenters. The standard InChI is InChI=1S/C15H13N2PS/c19-18(17-12-11-16-13-17,14-7-3-1-4-8-14)15-9-5-2-6-10-15/h1-13H. The van der Waals surface area contributed by atoms with Gasteiger partial charge in [-0.05, 0) is 0 Å². The first-order valence-electron chi connectivity index (χ1n) is 6.02. The Bertz CT molecular complexity index is 650. The van der Waals surface area contributed by atoms with E-state index in [1.807, 2.05) is 48.9 Å². The van der Waals surface area contributed by atoms with Gasteiger partial charge in [-0.1, -0.05) is 72.5 Å². The lowest BCUT2D eigenvalue weighted by Gasteiger charge is -2.24. The Hall–Kier alpha value is -1.70. The van der Waals surface area contributed by atoms with Crippen LogP contribution in [0.2, 0.25) is 0 Å². The number of hydrogen-bond acceptors (Lipinski definition) is 2. The summed E-state index contributed by atoms with van der Waals surface area (Å²) in [7, 11) is 0. The third-order valence-corrected chi connectivity index (χ3v) is 7.74. The van der Waals surface area contributed by atoms with Crippen LogP contribution in [0.15, 0.2) is 79.4 Å². The van der Waals surface area contributed by atoms with Crippen LogP contribution in [0.1, 0.15) is 0 Å². The van der Waals surface area contributed by atoms with Gasteiger partial charge in [0.05, 0.1) is 12.5 Å². The van der Waals surface area contributed by atoms with E-state index < -0.39 is 6.19 Å². The largest absolute Gasteiger partial charge is 0.301 e. The molecule has 0 saturated heterocycles. The van der Waals surface area contributed by atoms with Crippen molar-refractivity contribution in [1.29, 1.82) is 0 Å². The molecule has 0 saturated carbocycles. The van der Waals surface area contributed by atoms with Crippen LogP contribution in [0.3, 0.4) is 0 Å². The van der Waals surface area contributed by atoms with Crippen molar-refractivity contribution in [3.05, 3.63) is 79.4 Å². The minimum absolute atomic E-state index is 1.18. The summed E-state index contributed by atoms with van der Waals surface area (Å²) in [6, 6.07) is 20.6. The Kier molecular flexibility index (Phi) is 3.33. The minimum atomic E-state index is -2.04. The van der Waals surface area contributed by atoms with Crippen LogP contribution in [0, 0.1) is 0 Å². The number of nitrogens with zero attached hydrogens (tertiary/aromatic N) is 2. The fraction of sp³-hybridized carbons (Fsp3) is 0. The molecule has 19 heavy (non-hydrogen) atoms. The SMILES string of the molecule is S=P(c1ccccc1)(c1ccccc1)n1ccnc1. The summed E-state index contributed by atoms with van der Waals surface area (Å²) in [6.07, 6.45) is 3.52. The van der Waals surface area contributed by atoms with Crippen molar-refractivity contribution in [1.82, 2.24) is 9.32 Å². The molecular weight excluding hydrogens is 271 g/mol. The molecule has 0 radical (unpaired) electrons. The third kappa shape index (κ3) is 2.16. The Balaban J connectivity index is 2.26. The maximum Gasteiger partial charge on any atom is 0.0989 e. The molecule has 1 heterocycles. The van der Waals surface area contributed by atoms with E-state index in [1.54, 1.807) is 6.20 Å². The van der Waals surface area contributed by atoms with Crippen LogP contribution >= 0.6 is 6.19 Å². The maximum absolute atomic E-state index is 6.09. The Morgan fingerprint density at radius 3 is 1.79 bits per heavy atom. The normalized spacial score (nSPS) is 11.4. The highest BCUT2D eigenvalue weighted by molar-refractivity contribution is 8.21. The fourth-order valence-electron chi connectivity index (χ4n) is 2.09. The number of benzene rings is 2. The zero-order valence-corrected chi connectivity index (χ0v) is 12.0. The average molecular weight is 284 g/mol. The van der Waals surface area contributed by atoms with E-state index in [0.29, 0.717) is 0 Å². The summed E-state index contributed by atoms with van der Waals surface area (Å²) in [5.74, 6) is 0. The van der Waals surface area contributed by atoms with Crippen molar-refractivity contribution < 1.29 is 0 Å². The second-order valence-corrected chi connectivity index (χ2v) is 8.42. The topological polar surface area (TPSA) is 17.8 Å².